The molecule has 0 atom stereocenters. The molecule has 0 spiro atoms. The monoisotopic (exact) mass is 148 g/mol. The molecule has 0 N–H and O–H groups in total. The molecule has 0 rings (SSSR count). The van der Waals surface area contributed by atoms with Crippen molar-refractivity contribution >= 4 is 11.8 Å². The summed E-state index contributed by atoms with van der Waals surface area (Å²) in [5.74, 6) is 2.15. The highest BCUT2D eigenvalue weighted by Crippen LogP contribution is 2.12. The van der Waals surface area contributed by atoms with Crippen LogP contribution in [0.1, 0.15) is 35.1 Å². The fraction of sp³-hybridized carbons (Fsp3) is 1.00. The topological polar surface area (TPSA) is 0 Å². The first-order valence-corrected chi connectivity index (χ1v) is 4.29. The van der Waals surface area contributed by atoms with E-state index in [1.54, 1.807) is 0 Å². The van der Waals surface area contributed by atoms with Gasteiger partial charge >= 0.3 is 0 Å². The van der Waals surface area contributed by atoms with Gasteiger partial charge in [0.25, 0.3) is 0 Å². The fourth-order valence-electron chi connectivity index (χ4n) is 0.385. The number of hydrogen-bond donors (Lipinski definition) is 0. The van der Waals surface area contributed by atoms with E-state index in [1.807, 2.05) is 11.8 Å². The van der Waals surface area contributed by atoms with Crippen LogP contribution in [0, 0.1) is 5.92 Å². The molecule has 0 fully saturated rings. The lowest BCUT2D eigenvalue weighted by molar-refractivity contribution is 0.748. The van der Waals surface area contributed by atoms with Gasteiger partial charge in [-0.3, -0.25) is 0 Å². The van der Waals surface area contributed by atoms with Gasteiger partial charge < -0.3 is 0 Å². The fourth-order valence-corrected chi connectivity index (χ4v) is 1.15. The second-order valence-corrected chi connectivity index (χ2v) is 4.39. The largest absolute Gasteiger partial charge is 0.159 e. The molecule has 0 bridgehead atoms. The smallest absolute Gasteiger partial charge is 0.000958 e. The van der Waals surface area contributed by atoms with Gasteiger partial charge in [-0.2, -0.15) is 11.8 Å². The molecular formula is C8H20S. The Kier molecular flexibility index (Phi) is 8.67. The van der Waals surface area contributed by atoms with Crippen molar-refractivity contribution in [1.29, 1.82) is 0 Å². The normalized spacial score (nSPS) is 10.0. The van der Waals surface area contributed by atoms with Crippen LogP contribution >= 0.6 is 11.8 Å². The molecule has 0 saturated carbocycles. The van der Waals surface area contributed by atoms with Gasteiger partial charge in [-0.05, 0) is 16.9 Å². The molecule has 0 aromatic carbocycles. The van der Waals surface area contributed by atoms with E-state index in [-0.39, 0.29) is 7.43 Å². The van der Waals surface area contributed by atoms with E-state index < -0.39 is 0 Å². The van der Waals surface area contributed by atoms with Gasteiger partial charge in [0.15, 0.2) is 0 Å². The van der Waals surface area contributed by atoms with Crippen LogP contribution in [-0.2, 0) is 0 Å². The Morgan fingerprint density at radius 1 is 1.11 bits per heavy atom. The molecule has 0 aromatic rings. The number of hydrogen-bond acceptors (Lipinski definition) is 1. The van der Waals surface area contributed by atoms with E-state index in [2.05, 4.69) is 27.7 Å². The molecule has 0 saturated heterocycles. The zero-order valence-electron chi connectivity index (χ0n) is 6.27. The van der Waals surface area contributed by atoms with Crippen LogP contribution in [0.4, 0.5) is 0 Å². The number of rotatable bonds is 3. The molecule has 0 aliphatic heterocycles. The lowest BCUT2D eigenvalue weighted by atomic mass is 10.3. The van der Waals surface area contributed by atoms with Crippen LogP contribution in [0.5, 0.6) is 0 Å². The van der Waals surface area contributed by atoms with Gasteiger partial charge in [0.2, 0.25) is 0 Å². The Morgan fingerprint density at radius 2 is 1.56 bits per heavy atom. The van der Waals surface area contributed by atoms with E-state index in [0.717, 1.165) is 11.2 Å². The maximum atomic E-state index is 2.26. The van der Waals surface area contributed by atoms with Crippen LogP contribution in [0.2, 0.25) is 0 Å². The van der Waals surface area contributed by atoms with Crippen molar-refractivity contribution in [2.75, 3.05) is 5.75 Å². The van der Waals surface area contributed by atoms with E-state index in [0.29, 0.717) is 0 Å². The highest BCUT2D eigenvalue weighted by Gasteiger charge is 1.95. The zero-order chi connectivity index (χ0) is 6.57. The predicted molar refractivity (Wildman–Crippen MR) is 49.2 cm³/mol. The van der Waals surface area contributed by atoms with Crippen molar-refractivity contribution in [3.63, 3.8) is 0 Å². The van der Waals surface area contributed by atoms with Crippen molar-refractivity contribution in [3.8, 4) is 0 Å². The Balaban J connectivity index is 0. The maximum Gasteiger partial charge on any atom is -0.000958 e. The summed E-state index contributed by atoms with van der Waals surface area (Å²) in [5.41, 5.74) is 0. The van der Waals surface area contributed by atoms with E-state index in [1.165, 1.54) is 5.75 Å². The van der Waals surface area contributed by atoms with Crippen molar-refractivity contribution in [2.24, 2.45) is 5.92 Å². The molecule has 0 aromatic heterocycles. The van der Waals surface area contributed by atoms with Crippen molar-refractivity contribution in [3.05, 3.63) is 0 Å². The Hall–Kier alpha value is 0.350. The Morgan fingerprint density at radius 3 is 1.67 bits per heavy atom. The minimum absolute atomic E-state index is 0. The molecule has 58 valence electrons. The molecule has 0 amide bonds. The van der Waals surface area contributed by atoms with E-state index in [4.69, 9.17) is 0 Å². The maximum absolute atomic E-state index is 2.26. The van der Waals surface area contributed by atoms with E-state index in [9.17, 15) is 0 Å². The third-order valence-electron chi connectivity index (χ3n) is 0.763. The van der Waals surface area contributed by atoms with Crippen molar-refractivity contribution < 1.29 is 0 Å². The standard InChI is InChI=1S/C7H16S.CH4/c1-6(2)5-8-7(3)4;/h6-7H,5H2,1-4H3;1H4. The van der Waals surface area contributed by atoms with Gasteiger partial charge in [0, 0.05) is 0 Å². The van der Waals surface area contributed by atoms with Crippen LogP contribution < -0.4 is 0 Å². The number of thioether (sulfide) groups is 1. The average molecular weight is 148 g/mol. The van der Waals surface area contributed by atoms with Crippen molar-refractivity contribution in [2.45, 2.75) is 40.4 Å². The summed E-state index contributed by atoms with van der Waals surface area (Å²) in [6.45, 7) is 9.00. The van der Waals surface area contributed by atoms with Gasteiger partial charge in [0.05, 0.1) is 0 Å². The summed E-state index contributed by atoms with van der Waals surface area (Å²) >= 11 is 2.04. The second kappa shape index (κ2) is 6.47. The molecule has 0 heterocycles. The van der Waals surface area contributed by atoms with Crippen LogP contribution in [0.3, 0.4) is 0 Å². The first kappa shape index (κ1) is 12.1. The Labute approximate surface area is 64.4 Å². The zero-order valence-corrected chi connectivity index (χ0v) is 7.09. The summed E-state index contributed by atoms with van der Waals surface area (Å²) < 4.78 is 0. The SMILES string of the molecule is C.CC(C)CSC(C)C. The molecule has 0 aliphatic rings. The highest BCUT2D eigenvalue weighted by molar-refractivity contribution is 7.99. The third kappa shape index (κ3) is 11.8. The Bertz CT molecular complexity index is 40.5. The molecular weight excluding hydrogens is 128 g/mol. The summed E-state index contributed by atoms with van der Waals surface area (Å²) in [6, 6.07) is 0. The van der Waals surface area contributed by atoms with Gasteiger partial charge in [-0.1, -0.05) is 35.1 Å². The summed E-state index contributed by atoms with van der Waals surface area (Å²) in [4.78, 5) is 0. The van der Waals surface area contributed by atoms with Gasteiger partial charge in [-0.25, -0.2) is 0 Å². The molecule has 0 nitrogen and oxygen atoms in total. The average Bonchev–Trinajstić information content (AvgIpc) is 1.61. The van der Waals surface area contributed by atoms with Crippen molar-refractivity contribution in [1.82, 2.24) is 0 Å². The highest BCUT2D eigenvalue weighted by atomic mass is 32.2. The minimum Gasteiger partial charge on any atom is -0.159 e. The van der Waals surface area contributed by atoms with Crippen LogP contribution in [0.15, 0.2) is 0 Å². The molecule has 9 heavy (non-hydrogen) atoms. The molecule has 0 aliphatic carbocycles. The lowest BCUT2D eigenvalue weighted by Crippen LogP contribution is -1.95. The molecule has 0 unspecified atom stereocenters. The summed E-state index contributed by atoms with van der Waals surface area (Å²) in [6.07, 6.45) is 0. The van der Waals surface area contributed by atoms with Crippen LogP contribution in [-0.4, -0.2) is 11.0 Å². The minimum atomic E-state index is 0. The van der Waals surface area contributed by atoms with Gasteiger partial charge in [0.1, 0.15) is 0 Å². The summed E-state index contributed by atoms with van der Waals surface area (Å²) in [7, 11) is 0. The quantitative estimate of drug-likeness (QED) is 0.591. The van der Waals surface area contributed by atoms with Crippen LogP contribution in [0.25, 0.3) is 0 Å². The van der Waals surface area contributed by atoms with Gasteiger partial charge in [-0.15, -0.1) is 0 Å². The summed E-state index contributed by atoms with van der Waals surface area (Å²) in [5, 5.41) is 0.803. The first-order valence-electron chi connectivity index (χ1n) is 3.24. The molecule has 0 radical (unpaired) electrons. The van der Waals surface area contributed by atoms with E-state index >= 15 is 0 Å². The lowest BCUT2D eigenvalue weighted by Gasteiger charge is -2.05. The molecule has 1 heteroatoms. The predicted octanol–water partition coefficient (Wildman–Crippen LogP) is 3.42. The second-order valence-electron chi connectivity index (χ2n) is 2.78. The first-order chi connectivity index (χ1) is 3.63. The third-order valence-corrected chi connectivity index (χ3v) is 2.29.